The Morgan fingerprint density at radius 2 is 1.47 bits per heavy atom. The maximum absolute atomic E-state index is 12.7. The van der Waals surface area contributed by atoms with Crippen molar-refractivity contribution in [1.29, 1.82) is 0 Å². The fourth-order valence-corrected chi connectivity index (χ4v) is 5.26. The van der Waals surface area contributed by atoms with Crippen LogP contribution in [0.2, 0.25) is 0 Å². The molecule has 1 aromatic rings. The first kappa shape index (κ1) is 27.7. The molecule has 1 aliphatic rings. The van der Waals surface area contributed by atoms with Crippen molar-refractivity contribution in [2.24, 2.45) is 15.8 Å². The number of hydrogen-bond donors (Lipinski definition) is 3. The number of thiol groups is 1. The number of rotatable bonds is 8. The maximum atomic E-state index is 12.7. The minimum Gasteiger partial charge on any atom is -0.469 e. The lowest BCUT2D eigenvalue weighted by molar-refractivity contribution is -0.151. The first-order chi connectivity index (χ1) is 15.6. The third-order valence-corrected chi connectivity index (χ3v) is 7.13. The number of aliphatic imine (C=N–C) groups is 1. The van der Waals surface area contributed by atoms with Gasteiger partial charge in [0.2, 0.25) is 0 Å². The minimum atomic E-state index is -1.25. The van der Waals surface area contributed by atoms with E-state index in [1.165, 1.54) is 14.2 Å². The van der Waals surface area contributed by atoms with Crippen molar-refractivity contribution in [3.8, 4) is 0 Å². The van der Waals surface area contributed by atoms with Gasteiger partial charge in [-0.2, -0.15) is 0 Å². The summed E-state index contributed by atoms with van der Waals surface area (Å²) in [5.41, 5.74) is -1.05. The summed E-state index contributed by atoms with van der Waals surface area (Å²) in [6, 6.07) is 5.23. The number of nitrogens with one attached hydrogen (secondary N) is 2. The number of fused-ring (bicyclic) bond motifs is 1. The number of ether oxygens (including phenoxy) is 3. The fourth-order valence-electron chi connectivity index (χ4n) is 3.09. The molecule has 0 fully saturated rings. The highest BCUT2D eigenvalue weighted by atomic mass is 32.2. The van der Waals surface area contributed by atoms with E-state index in [2.05, 4.69) is 10.0 Å². The summed E-state index contributed by atoms with van der Waals surface area (Å²) in [5, 5.41) is 3.93. The van der Waals surface area contributed by atoms with Crippen molar-refractivity contribution >= 4 is 39.8 Å². The van der Waals surface area contributed by atoms with Crippen LogP contribution in [0.4, 0.5) is 5.69 Å². The van der Waals surface area contributed by atoms with E-state index in [9.17, 15) is 14.4 Å². The highest BCUT2D eigenvalue weighted by molar-refractivity contribution is 8.28. The summed E-state index contributed by atoms with van der Waals surface area (Å²) >= 11 is -1.25. The highest BCUT2D eigenvalue weighted by Gasteiger charge is 2.34. The van der Waals surface area contributed by atoms with Gasteiger partial charge in [0, 0.05) is 18.0 Å². The van der Waals surface area contributed by atoms with Crippen LogP contribution in [0.1, 0.15) is 58.8 Å². The molecule has 9 nitrogen and oxygen atoms in total. The summed E-state index contributed by atoms with van der Waals surface area (Å²) in [4.78, 5) is 42.5. The Hall–Kier alpha value is -2.59. The third kappa shape index (κ3) is 6.73. The van der Waals surface area contributed by atoms with Crippen molar-refractivity contribution < 1.29 is 28.6 Å². The Balaban J connectivity index is 2.34. The van der Waals surface area contributed by atoms with Gasteiger partial charge in [0.05, 0.1) is 36.3 Å². The van der Waals surface area contributed by atoms with Crippen LogP contribution >= 0.6 is 11.1 Å². The summed E-state index contributed by atoms with van der Waals surface area (Å²) in [6.07, 6.45) is 0. The smallest absolute Gasteiger partial charge is 0.338 e. The van der Waals surface area contributed by atoms with E-state index in [1.54, 1.807) is 45.9 Å². The number of esters is 3. The largest absolute Gasteiger partial charge is 0.469 e. The van der Waals surface area contributed by atoms with Gasteiger partial charge in [0.25, 0.3) is 0 Å². The van der Waals surface area contributed by atoms with Gasteiger partial charge < -0.3 is 19.5 Å². The number of carbonyl (C=O) groups is 3. The van der Waals surface area contributed by atoms with E-state index >= 15 is 0 Å². The standard InChI is InChI=1S/C24H37N3O6S/c1-22(2,3)33-18(28)15-10-11-16-17(12-15)34(26-14-24(6,7)20(30)32-9)21(27-16)25-13-23(4,5)19(29)31-8/h10-12,26,34H,13-14H2,1-9H3,(H,25,27). The molecule has 1 aromatic carbocycles. The zero-order valence-corrected chi connectivity index (χ0v) is 22.4. The number of hydrogen-bond acceptors (Lipinski definition) is 9. The van der Waals surface area contributed by atoms with E-state index in [4.69, 9.17) is 19.2 Å². The summed E-state index contributed by atoms with van der Waals surface area (Å²) < 4.78 is 18.8. The van der Waals surface area contributed by atoms with Gasteiger partial charge >= 0.3 is 17.9 Å². The molecule has 2 N–H and O–H groups in total. The van der Waals surface area contributed by atoms with Gasteiger partial charge in [-0.15, -0.1) is 11.1 Å². The number of carbonyl (C=O) groups excluding carboxylic acids is 3. The van der Waals surface area contributed by atoms with E-state index in [-0.39, 0.29) is 11.9 Å². The van der Waals surface area contributed by atoms with Crippen LogP contribution in [0.15, 0.2) is 28.1 Å². The second-order valence-corrected chi connectivity index (χ2v) is 12.3. The summed E-state index contributed by atoms with van der Waals surface area (Å²) in [7, 11) is 2.71. The number of nitrogens with zero attached hydrogens (tertiary/aromatic N) is 1. The summed E-state index contributed by atoms with van der Waals surface area (Å²) in [5.74, 6) is -1.10. The van der Waals surface area contributed by atoms with E-state index < -0.39 is 33.5 Å². The molecule has 1 atom stereocenters. The first-order valence-corrected chi connectivity index (χ1v) is 12.4. The van der Waals surface area contributed by atoms with Crippen molar-refractivity contribution in [2.45, 2.75) is 59.0 Å². The van der Waals surface area contributed by atoms with E-state index in [1.807, 2.05) is 20.8 Å². The Morgan fingerprint density at radius 1 is 0.912 bits per heavy atom. The molecular formula is C24H37N3O6S. The van der Waals surface area contributed by atoms with Gasteiger partial charge in [-0.1, -0.05) is 0 Å². The van der Waals surface area contributed by atoms with Crippen molar-refractivity contribution in [3.63, 3.8) is 0 Å². The van der Waals surface area contributed by atoms with Gasteiger partial charge in [0.1, 0.15) is 5.60 Å². The molecule has 0 bridgehead atoms. The van der Waals surface area contributed by atoms with Crippen molar-refractivity contribution in [3.05, 3.63) is 23.8 Å². The molecule has 1 aliphatic heterocycles. The molecule has 34 heavy (non-hydrogen) atoms. The second-order valence-electron chi connectivity index (χ2n) is 10.4. The molecule has 0 radical (unpaired) electrons. The van der Waals surface area contributed by atoms with Gasteiger partial charge in [-0.25, -0.2) is 9.79 Å². The zero-order valence-electron chi connectivity index (χ0n) is 21.5. The van der Waals surface area contributed by atoms with Crippen LogP contribution in [0.3, 0.4) is 0 Å². The third-order valence-electron chi connectivity index (χ3n) is 5.13. The molecule has 1 unspecified atom stereocenters. The SMILES string of the molecule is COC(=O)C(C)(C)CNC1=Nc2ccc(C(=O)OC(C)(C)C)cc2[SH]1NCC(C)(C)C(=O)OC. The zero-order chi connectivity index (χ0) is 25.9. The van der Waals surface area contributed by atoms with Gasteiger partial charge in [-0.3, -0.25) is 14.3 Å². The molecule has 2 rings (SSSR count). The average molecular weight is 496 g/mol. The molecule has 0 saturated carbocycles. The van der Waals surface area contributed by atoms with Crippen LogP contribution in [-0.4, -0.2) is 56.0 Å². The molecule has 1 heterocycles. The predicted octanol–water partition coefficient (Wildman–Crippen LogP) is 3.50. The van der Waals surface area contributed by atoms with Crippen LogP contribution in [0.25, 0.3) is 0 Å². The normalized spacial score (nSPS) is 16.9. The van der Waals surface area contributed by atoms with Crippen molar-refractivity contribution in [2.75, 3.05) is 27.3 Å². The van der Waals surface area contributed by atoms with Crippen LogP contribution in [0.5, 0.6) is 0 Å². The number of methoxy groups -OCH3 is 2. The molecule has 10 heteroatoms. The quantitative estimate of drug-likeness (QED) is 0.285. The molecule has 190 valence electrons. The number of benzene rings is 1. The maximum Gasteiger partial charge on any atom is 0.338 e. The van der Waals surface area contributed by atoms with Crippen molar-refractivity contribution in [1.82, 2.24) is 10.0 Å². The first-order valence-electron chi connectivity index (χ1n) is 11.0. The Kier molecular flexibility index (Phi) is 8.42. The lowest BCUT2D eigenvalue weighted by atomic mass is 9.94. The minimum absolute atomic E-state index is 0.298. The Labute approximate surface area is 204 Å². The second kappa shape index (κ2) is 10.4. The molecule has 0 aliphatic carbocycles. The van der Waals surface area contributed by atoms with Crippen LogP contribution in [0, 0.1) is 10.8 Å². The molecule has 0 aromatic heterocycles. The fraction of sp³-hybridized carbons (Fsp3) is 0.583. The molecule has 0 saturated heterocycles. The lowest BCUT2D eigenvalue weighted by Gasteiger charge is -2.29. The predicted molar refractivity (Wildman–Crippen MR) is 134 cm³/mol. The monoisotopic (exact) mass is 495 g/mol. The van der Waals surface area contributed by atoms with E-state index in [0.29, 0.717) is 29.5 Å². The average Bonchev–Trinajstić information content (AvgIpc) is 3.10. The van der Waals surface area contributed by atoms with E-state index in [0.717, 1.165) is 4.90 Å². The molecular weight excluding hydrogens is 458 g/mol. The summed E-state index contributed by atoms with van der Waals surface area (Å²) in [6.45, 7) is 13.2. The Morgan fingerprint density at radius 3 is 2.00 bits per heavy atom. The lowest BCUT2D eigenvalue weighted by Crippen LogP contribution is -2.41. The van der Waals surface area contributed by atoms with Gasteiger partial charge in [0.15, 0.2) is 5.17 Å². The topological polar surface area (TPSA) is 115 Å². The highest BCUT2D eigenvalue weighted by Crippen LogP contribution is 2.47. The van der Waals surface area contributed by atoms with Gasteiger partial charge in [-0.05, 0) is 66.7 Å². The Bertz CT molecular complexity index is 981. The number of amidine groups is 1. The van der Waals surface area contributed by atoms with Crippen LogP contribution < -0.4 is 10.0 Å². The molecule has 0 spiro atoms. The van der Waals surface area contributed by atoms with Crippen LogP contribution in [-0.2, 0) is 23.8 Å². The molecule has 0 amide bonds.